The van der Waals surface area contributed by atoms with Gasteiger partial charge in [-0.25, -0.2) is 15.0 Å². The van der Waals surface area contributed by atoms with E-state index in [9.17, 15) is 0 Å². The van der Waals surface area contributed by atoms with Crippen molar-refractivity contribution in [2.45, 2.75) is 0 Å². The Labute approximate surface area is 296 Å². The predicted octanol–water partition coefficient (Wildman–Crippen LogP) is 12.9. The summed E-state index contributed by atoms with van der Waals surface area (Å²) in [7, 11) is 0. The Morgan fingerprint density at radius 2 is 0.800 bits per heavy atom. The molecule has 0 saturated heterocycles. The molecule has 0 unspecified atom stereocenters. The van der Waals surface area contributed by atoms with Gasteiger partial charge in [0, 0.05) is 57.0 Å². The molecular formula is C45H27N3S2. The van der Waals surface area contributed by atoms with Crippen LogP contribution in [0.1, 0.15) is 0 Å². The first kappa shape index (κ1) is 29.0. The largest absolute Gasteiger partial charge is 0.208 e. The molecule has 10 aromatic rings. The van der Waals surface area contributed by atoms with E-state index in [-0.39, 0.29) is 0 Å². The minimum atomic E-state index is 0.645. The zero-order valence-electron chi connectivity index (χ0n) is 26.7. The fraction of sp³-hybridized carbons (Fsp3) is 0. The van der Waals surface area contributed by atoms with Crippen LogP contribution in [0.25, 0.3) is 96.8 Å². The summed E-state index contributed by atoms with van der Waals surface area (Å²) in [5.74, 6) is 1.95. The molecule has 5 heteroatoms. The van der Waals surface area contributed by atoms with Gasteiger partial charge in [0.25, 0.3) is 0 Å². The van der Waals surface area contributed by atoms with E-state index in [2.05, 4.69) is 127 Å². The molecule has 10 rings (SSSR count). The standard InChI is InChI=1S/C45H27N3S2/c1-3-13-28(14-4-1)43-46-44(29-15-5-2-6-16-29)48-45(47-43)32-26-30(33-19-12-24-40-41(33)37-18-8-10-23-39(37)49-40)25-31(27-32)34-20-11-21-36-35-17-7-9-22-38(35)50-42(34)36/h1-27H. The lowest BCUT2D eigenvalue weighted by Crippen LogP contribution is -2.00. The Kier molecular flexibility index (Phi) is 6.86. The van der Waals surface area contributed by atoms with Gasteiger partial charge in [-0.2, -0.15) is 0 Å². The second kappa shape index (κ2) is 11.8. The highest BCUT2D eigenvalue weighted by Gasteiger charge is 2.18. The molecule has 0 amide bonds. The highest BCUT2D eigenvalue weighted by molar-refractivity contribution is 7.26. The molecule has 3 heterocycles. The van der Waals surface area contributed by atoms with Crippen LogP contribution in [-0.4, -0.2) is 15.0 Å². The number of fused-ring (bicyclic) bond motifs is 6. The SMILES string of the molecule is c1ccc(-c2nc(-c3ccccc3)nc(-c3cc(-c4cccc5c4sc4ccccc45)cc(-c4cccc5sc6ccccc6c45)c3)n2)cc1. The van der Waals surface area contributed by atoms with E-state index in [1.165, 1.54) is 51.5 Å². The smallest absolute Gasteiger partial charge is 0.164 e. The Hall–Kier alpha value is -6.01. The minimum absolute atomic E-state index is 0.645. The van der Waals surface area contributed by atoms with Gasteiger partial charge in [-0.15, -0.1) is 22.7 Å². The molecule has 7 aromatic carbocycles. The van der Waals surface area contributed by atoms with E-state index in [1.54, 1.807) is 0 Å². The van der Waals surface area contributed by atoms with Crippen LogP contribution >= 0.6 is 22.7 Å². The van der Waals surface area contributed by atoms with Crippen LogP contribution in [0.3, 0.4) is 0 Å². The van der Waals surface area contributed by atoms with E-state index in [1.807, 2.05) is 59.1 Å². The average molecular weight is 674 g/mol. The van der Waals surface area contributed by atoms with E-state index in [4.69, 9.17) is 15.0 Å². The molecule has 3 aromatic heterocycles. The first-order valence-corrected chi connectivity index (χ1v) is 18.2. The van der Waals surface area contributed by atoms with E-state index >= 15 is 0 Å². The maximum absolute atomic E-state index is 5.15. The van der Waals surface area contributed by atoms with E-state index in [0.717, 1.165) is 27.8 Å². The van der Waals surface area contributed by atoms with Crippen molar-refractivity contribution in [1.29, 1.82) is 0 Å². The second-order valence-corrected chi connectivity index (χ2v) is 14.5. The van der Waals surface area contributed by atoms with Crippen LogP contribution in [-0.2, 0) is 0 Å². The quantitative estimate of drug-likeness (QED) is 0.182. The lowest BCUT2D eigenvalue weighted by Gasteiger charge is -2.14. The maximum Gasteiger partial charge on any atom is 0.164 e. The van der Waals surface area contributed by atoms with Gasteiger partial charge >= 0.3 is 0 Å². The van der Waals surface area contributed by atoms with Crippen molar-refractivity contribution in [3.05, 3.63) is 164 Å². The molecule has 0 spiro atoms. The molecule has 0 saturated carbocycles. The number of benzene rings is 7. The summed E-state index contributed by atoms with van der Waals surface area (Å²) < 4.78 is 5.14. The van der Waals surface area contributed by atoms with Crippen molar-refractivity contribution in [2.75, 3.05) is 0 Å². The Bertz CT molecular complexity index is 2810. The average Bonchev–Trinajstić information content (AvgIpc) is 3.77. The molecule has 0 aliphatic carbocycles. The van der Waals surface area contributed by atoms with Crippen molar-refractivity contribution < 1.29 is 0 Å². The van der Waals surface area contributed by atoms with Crippen LogP contribution in [0, 0.1) is 0 Å². The molecule has 50 heavy (non-hydrogen) atoms. The lowest BCUT2D eigenvalue weighted by molar-refractivity contribution is 1.07. The number of hydrogen-bond acceptors (Lipinski definition) is 5. The van der Waals surface area contributed by atoms with Crippen LogP contribution in [0.5, 0.6) is 0 Å². The summed E-state index contributed by atoms with van der Waals surface area (Å²) in [5.41, 5.74) is 7.52. The van der Waals surface area contributed by atoms with Gasteiger partial charge in [-0.1, -0.05) is 127 Å². The molecule has 0 bridgehead atoms. The molecule has 0 N–H and O–H groups in total. The van der Waals surface area contributed by atoms with Crippen molar-refractivity contribution >= 4 is 63.0 Å². The highest BCUT2D eigenvalue weighted by atomic mass is 32.1. The summed E-state index contributed by atoms with van der Waals surface area (Å²) >= 11 is 3.70. The third-order valence-electron chi connectivity index (χ3n) is 9.32. The molecule has 0 aliphatic heterocycles. The van der Waals surface area contributed by atoms with Gasteiger partial charge in [0.05, 0.1) is 0 Å². The van der Waals surface area contributed by atoms with Gasteiger partial charge < -0.3 is 0 Å². The van der Waals surface area contributed by atoms with Gasteiger partial charge in [-0.05, 0) is 58.7 Å². The highest BCUT2D eigenvalue weighted by Crippen LogP contribution is 2.44. The van der Waals surface area contributed by atoms with Crippen molar-refractivity contribution in [3.8, 4) is 56.4 Å². The fourth-order valence-electron chi connectivity index (χ4n) is 7.00. The number of nitrogens with zero attached hydrogens (tertiary/aromatic N) is 3. The summed E-state index contributed by atoms with van der Waals surface area (Å²) in [6, 6.07) is 58.0. The van der Waals surface area contributed by atoms with Crippen molar-refractivity contribution in [2.24, 2.45) is 0 Å². The summed E-state index contributed by atoms with van der Waals surface area (Å²) in [5, 5.41) is 5.12. The molecule has 0 atom stereocenters. The Morgan fingerprint density at radius 1 is 0.320 bits per heavy atom. The van der Waals surface area contributed by atoms with Gasteiger partial charge in [0.15, 0.2) is 17.5 Å². The van der Waals surface area contributed by atoms with Crippen LogP contribution in [0.2, 0.25) is 0 Å². The summed E-state index contributed by atoms with van der Waals surface area (Å²) in [6.07, 6.45) is 0. The first-order chi connectivity index (χ1) is 24.8. The number of aromatic nitrogens is 3. The second-order valence-electron chi connectivity index (χ2n) is 12.4. The first-order valence-electron chi connectivity index (χ1n) is 16.6. The molecule has 0 aliphatic rings. The van der Waals surface area contributed by atoms with Gasteiger partial charge in [-0.3, -0.25) is 0 Å². The zero-order valence-corrected chi connectivity index (χ0v) is 28.4. The summed E-state index contributed by atoms with van der Waals surface area (Å²) in [6.45, 7) is 0. The molecule has 234 valence electrons. The molecule has 0 fully saturated rings. The molecule has 3 nitrogen and oxygen atoms in total. The monoisotopic (exact) mass is 673 g/mol. The zero-order chi connectivity index (χ0) is 33.0. The third-order valence-corrected chi connectivity index (χ3v) is 11.7. The van der Waals surface area contributed by atoms with Crippen LogP contribution < -0.4 is 0 Å². The van der Waals surface area contributed by atoms with Crippen molar-refractivity contribution in [3.63, 3.8) is 0 Å². The molecule has 0 radical (unpaired) electrons. The van der Waals surface area contributed by atoms with E-state index in [0.29, 0.717) is 17.5 Å². The van der Waals surface area contributed by atoms with Gasteiger partial charge in [0.2, 0.25) is 0 Å². The number of hydrogen-bond donors (Lipinski definition) is 0. The fourth-order valence-corrected chi connectivity index (χ4v) is 9.37. The predicted molar refractivity (Wildman–Crippen MR) is 213 cm³/mol. The topological polar surface area (TPSA) is 38.7 Å². The minimum Gasteiger partial charge on any atom is -0.208 e. The van der Waals surface area contributed by atoms with E-state index < -0.39 is 0 Å². The number of rotatable bonds is 5. The molecular weight excluding hydrogens is 647 g/mol. The summed E-state index contributed by atoms with van der Waals surface area (Å²) in [4.78, 5) is 15.3. The van der Waals surface area contributed by atoms with Gasteiger partial charge in [0.1, 0.15) is 0 Å². The Morgan fingerprint density at radius 3 is 1.50 bits per heavy atom. The lowest BCUT2D eigenvalue weighted by atomic mass is 9.93. The maximum atomic E-state index is 5.15. The number of thiophene rings is 2. The normalized spacial score (nSPS) is 11.6. The van der Waals surface area contributed by atoms with Crippen LogP contribution in [0.15, 0.2) is 164 Å². The third kappa shape index (κ3) is 4.90. The Balaban J connectivity index is 1.27. The van der Waals surface area contributed by atoms with Crippen molar-refractivity contribution in [1.82, 2.24) is 15.0 Å². The van der Waals surface area contributed by atoms with Crippen LogP contribution in [0.4, 0.5) is 0 Å².